The van der Waals surface area contributed by atoms with E-state index < -0.39 is 229 Å². The highest BCUT2D eigenvalue weighted by Gasteiger charge is 2.76. The van der Waals surface area contributed by atoms with Crippen molar-refractivity contribution in [3.8, 4) is 0 Å². The number of primary amides is 1. The highest BCUT2D eigenvalue weighted by atomic mass is 33.1. The van der Waals surface area contributed by atoms with Crippen LogP contribution in [0, 0.1) is 40.4 Å². The summed E-state index contributed by atoms with van der Waals surface area (Å²) >= 11 is 0. The van der Waals surface area contributed by atoms with E-state index in [2.05, 4.69) is 65.4 Å². The first kappa shape index (κ1) is 91.3. The monoisotopic (exact) mass is 1600 g/mol. The van der Waals surface area contributed by atoms with Crippen molar-refractivity contribution in [3.63, 3.8) is 0 Å². The van der Waals surface area contributed by atoms with E-state index in [1.165, 1.54) is 42.4 Å². The fourth-order valence-electron chi connectivity index (χ4n) is 15.8. The van der Waals surface area contributed by atoms with E-state index in [0.29, 0.717) is 50.8 Å². The molecule has 2 heterocycles. The maximum Gasteiger partial charge on any atom is 0.306 e. The summed E-state index contributed by atoms with van der Waals surface area (Å²) in [7, 11) is 2.52. The van der Waals surface area contributed by atoms with Crippen LogP contribution in [-0.4, -0.2) is 245 Å². The van der Waals surface area contributed by atoms with E-state index in [-0.39, 0.29) is 67.9 Å². The molecule has 0 aromatic rings. The van der Waals surface area contributed by atoms with Gasteiger partial charge in [0, 0.05) is 48.1 Å². The largest absolute Gasteiger partial charge is 0.481 e. The summed E-state index contributed by atoms with van der Waals surface area (Å²) in [4.78, 5) is 223. The lowest BCUT2D eigenvalue weighted by atomic mass is 9.46. The van der Waals surface area contributed by atoms with Crippen LogP contribution in [0.2, 0.25) is 0 Å². The van der Waals surface area contributed by atoms with Crippen molar-refractivity contribution >= 4 is 122 Å². The van der Waals surface area contributed by atoms with Gasteiger partial charge in [-0.25, -0.2) is 0 Å². The highest BCUT2D eigenvalue weighted by molar-refractivity contribution is 8.76. The lowest BCUT2D eigenvalue weighted by Gasteiger charge is -2.59. The van der Waals surface area contributed by atoms with Crippen LogP contribution >= 0.6 is 21.6 Å². The molecule has 618 valence electrons. The Hall–Kier alpha value is -8.59. The number of fused-ring (bicyclic) bond motifs is 7. The van der Waals surface area contributed by atoms with Gasteiger partial charge in [0.15, 0.2) is 24.3 Å². The maximum atomic E-state index is 14.6. The van der Waals surface area contributed by atoms with Crippen molar-refractivity contribution < 1.29 is 106 Å². The molecule has 4 aliphatic carbocycles. The summed E-state index contributed by atoms with van der Waals surface area (Å²) in [6.45, 7) is 13.3. The number of aliphatic hydroxyl groups excluding tert-OH is 1. The van der Waals surface area contributed by atoms with Crippen molar-refractivity contribution in [1.82, 2.24) is 63.4 Å². The molecule has 6 aliphatic rings. The molecule has 2 saturated heterocycles. The smallest absolute Gasteiger partial charge is 0.306 e. The van der Waals surface area contributed by atoms with Crippen molar-refractivity contribution in [3.05, 3.63) is 23.8 Å². The number of unbranched alkanes of at least 4 members (excludes halogenated alkanes) is 1. The standard InChI is InChI=1S/C73H112N14O22S2/c1-11-16-59-108-52-28-45-44-21-20-42-27-43(89)22-23-71(42,9)60(44)50(90)30-72(45,10)73(52,109-59)51(91)35-107-58(98)19-15-26-110-111-36-48(82-41(8)88)66(102)79-34-55(94)80-40(7)64(100)85-61(37(2)3)68(104)81-39(6)63(99)78-32-54(93)76-33-56(95)83-47(29-57(96)97)70(106)87-25-14-18-49(87)67(103)86-62(38(4)5)69(105)84-46(17-12-13-24-74)65(101)77-31-53(75)92/h22-23,27,37-40,44-50,52,59-62,90H,11-21,24-26,28-36,74H2,1-10H3,(H2,75,92)(H,76,93)(H,77,101)(H,78,99)(H,79,102)(H,80,94)(H,81,104)(H,82,88)(H,83,95)(H,84,105)(H,85,100)(H,86,103)(H,96,97)/t39-,40-,44-,45-,46-,47-,48?,49-,50-,52+,59?,60+,61-,62-,71-,72-,73+/m0/s1. The topological polar surface area (TPSA) is 546 Å². The number of carboxylic acids is 1. The van der Waals surface area contributed by atoms with Crippen LogP contribution < -0.4 is 70.0 Å². The average molecular weight is 1600 g/mol. The summed E-state index contributed by atoms with van der Waals surface area (Å²) in [5.41, 5.74) is 8.95. The molecule has 2 unspecified atom stereocenters. The summed E-state index contributed by atoms with van der Waals surface area (Å²) in [5, 5.41) is 48.5. The fourth-order valence-corrected chi connectivity index (χ4v) is 18.1. The van der Waals surface area contributed by atoms with Crippen molar-refractivity contribution in [2.24, 2.45) is 51.9 Å². The molecular formula is C73H112N14O22S2. The third-order valence-corrected chi connectivity index (χ3v) is 23.9. The number of hydrogen-bond donors (Lipinski definition) is 15. The Morgan fingerprint density at radius 1 is 0.712 bits per heavy atom. The van der Waals surface area contributed by atoms with Gasteiger partial charge < -0.3 is 99.3 Å². The summed E-state index contributed by atoms with van der Waals surface area (Å²) in [6.07, 6.45) is 7.43. The number of esters is 1. The van der Waals surface area contributed by atoms with Gasteiger partial charge in [0.1, 0.15) is 48.3 Å². The van der Waals surface area contributed by atoms with Crippen LogP contribution in [0.15, 0.2) is 23.8 Å². The third kappa shape index (κ3) is 24.2. The molecule has 38 heteroatoms. The number of amides is 13. The van der Waals surface area contributed by atoms with E-state index in [9.17, 15) is 91.7 Å². The van der Waals surface area contributed by atoms with Gasteiger partial charge in [0.25, 0.3) is 0 Å². The predicted octanol–water partition coefficient (Wildman–Crippen LogP) is -2.26. The van der Waals surface area contributed by atoms with Crippen LogP contribution in [-0.2, 0) is 95.7 Å². The predicted molar refractivity (Wildman–Crippen MR) is 402 cm³/mol. The number of nitrogens with two attached hydrogens (primary N) is 2. The van der Waals surface area contributed by atoms with Crippen LogP contribution in [0.4, 0.5) is 0 Å². The number of ketones is 2. The number of ether oxygens (including phenoxy) is 3. The number of carbonyl (C=O) groups excluding carboxylic acids is 16. The maximum absolute atomic E-state index is 14.6. The zero-order chi connectivity index (χ0) is 82.4. The second-order valence-electron chi connectivity index (χ2n) is 30.3. The molecule has 5 fully saturated rings. The molecule has 111 heavy (non-hydrogen) atoms. The molecule has 6 rings (SSSR count). The number of nitrogens with one attached hydrogen (secondary N) is 11. The van der Waals surface area contributed by atoms with Crippen LogP contribution in [0.5, 0.6) is 0 Å². The number of rotatable bonds is 43. The normalized spacial score (nSPS) is 25.3. The molecule has 2 aliphatic heterocycles. The number of aliphatic carboxylic acids is 1. The van der Waals surface area contributed by atoms with Gasteiger partial charge in [-0.15, -0.1) is 0 Å². The van der Waals surface area contributed by atoms with Gasteiger partial charge in [-0.1, -0.05) is 88.1 Å². The molecule has 3 saturated carbocycles. The Morgan fingerprint density at radius 2 is 1.34 bits per heavy atom. The Morgan fingerprint density at radius 3 is 2.00 bits per heavy atom. The van der Waals surface area contributed by atoms with Crippen molar-refractivity contribution in [2.45, 2.75) is 232 Å². The molecule has 0 aromatic carbocycles. The minimum absolute atomic E-state index is 0.00962. The summed E-state index contributed by atoms with van der Waals surface area (Å²) in [5.74, 6) is -14.1. The summed E-state index contributed by atoms with van der Waals surface area (Å²) < 4.78 is 18.8. The summed E-state index contributed by atoms with van der Waals surface area (Å²) in [6, 6.07) is -10.3. The van der Waals surface area contributed by atoms with E-state index in [1.807, 2.05) is 19.9 Å². The number of carbonyl (C=O) groups is 17. The lowest BCUT2D eigenvalue weighted by Crippen LogP contribution is -2.63. The zero-order valence-electron chi connectivity index (χ0n) is 64.7. The number of likely N-dealkylation sites (tertiary alicyclic amines) is 1. The minimum Gasteiger partial charge on any atom is -0.481 e. The SMILES string of the molecule is CCCC1O[C@@H]2C[C@H]3[C@@H]4CCC5=CC(=O)C=C[C@]5(C)[C@H]4[C@@H](O)C[C@]3(C)[C@]2(C(=O)COC(=O)CCCSSCC(NC(C)=O)C(=O)NCC(=O)N[C@@H](C)C(=O)N[C@H](C(=O)N[C@@H](C)C(=O)NCC(=O)NCC(=O)N[C@@H](CC(=O)O)C(=O)N2CCC[C@H]2C(=O)N[C@H](C(=O)N[C@@H](CCCCN)C(=O)NCC(N)=O)C(C)C)C(C)C)O1. The molecule has 17 N–H and O–H groups in total. The molecule has 0 spiro atoms. The van der Waals surface area contributed by atoms with E-state index in [1.54, 1.807) is 39.8 Å². The molecule has 13 amide bonds. The number of aliphatic hydroxyl groups is 1. The average Bonchev–Trinajstić information content (AvgIpc) is 1.53. The van der Waals surface area contributed by atoms with Gasteiger partial charge in [-0.05, 0) is 127 Å². The van der Waals surface area contributed by atoms with Crippen LogP contribution in [0.25, 0.3) is 0 Å². The van der Waals surface area contributed by atoms with Crippen LogP contribution in [0.1, 0.15) is 159 Å². The number of hydrogen-bond acceptors (Lipinski definition) is 24. The quantitative estimate of drug-likeness (QED) is 0.0174. The Bertz CT molecular complexity index is 3550. The van der Waals surface area contributed by atoms with Crippen LogP contribution in [0.3, 0.4) is 0 Å². The van der Waals surface area contributed by atoms with Crippen molar-refractivity contribution in [1.29, 1.82) is 0 Å². The Kier molecular flexibility index (Phi) is 34.4. The van der Waals surface area contributed by atoms with Gasteiger partial charge in [0.05, 0.1) is 44.8 Å². The number of nitrogens with zero attached hydrogens (tertiary/aromatic N) is 1. The van der Waals surface area contributed by atoms with E-state index >= 15 is 0 Å². The van der Waals surface area contributed by atoms with E-state index in [4.69, 9.17) is 25.7 Å². The number of carboxylic acid groups (broad SMARTS) is 1. The molecule has 36 nitrogen and oxygen atoms in total. The first-order valence-corrected chi connectivity index (χ1v) is 40.4. The lowest BCUT2D eigenvalue weighted by molar-refractivity contribution is -0.201. The minimum atomic E-state index is -1.73. The second-order valence-corrected chi connectivity index (χ2v) is 32.9. The number of allylic oxidation sites excluding steroid dienone is 4. The van der Waals surface area contributed by atoms with Gasteiger partial charge >= 0.3 is 11.9 Å². The first-order valence-electron chi connectivity index (χ1n) is 37.9. The highest BCUT2D eigenvalue weighted by Crippen LogP contribution is 2.70. The van der Waals surface area contributed by atoms with Crippen molar-refractivity contribution in [2.75, 3.05) is 57.4 Å². The molecule has 0 radical (unpaired) electrons. The van der Waals surface area contributed by atoms with Gasteiger partial charge in [-0.2, -0.15) is 0 Å². The molecular weight excluding hydrogens is 1490 g/mol. The zero-order valence-corrected chi connectivity index (χ0v) is 66.3. The first-order chi connectivity index (χ1) is 52.3. The second kappa shape index (κ2) is 41.8. The molecule has 0 bridgehead atoms. The van der Waals surface area contributed by atoms with Gasteiger partial charge in [-0.3, -0.25) is 81.5 Å². The Balaban J connectivity index is 0.883. The molecule has 0 aromatic heterocycles. The molecule has 17 atom stereocenters. The third-order valence-electron chi connectivity index (χ3n) is 21.4. The number of Topliss-reactive ketones (excluding diaryl/α,β-unsaturated/α-hetero) is 1. The van der Waals surface area contributed by atoms with E-state index in [0.717, 1.165) is 23.3 Å². The fraction of sp³-hybridized carbons (Fsp3) is 0.712. The Labute approximate surface area is 652 Å². The van der Waals surface area contributed by atoms with Gasteiger partial charge in [0.2, 0.25) is 82.6 Å².